The van der Waals surface area contributed by atoms with Gasteiger partial charge in [0.1, 0.15) is 11.6 Å². The van der Waals surface area contributed by atoms with Gasteiger partial charge in [0.2, 0.25) is 0 Å². The van der Waals surface area contributed by atoms with E-state index in [1.54, 1.807) is 12.0 Å². The second-order valence-corrected chi connectivity index (χ2v) is 7.24. The smallest absolute Gasteiger partial charge is 0.260 e. The van der Waals surface area contributed by atoms with Crippen molar-refractivity contribution < 1.29 is 23.0 Å². The molecule has 7 nitrogen and oxygen atoms in total. The molecule has 0 spiro atoms. The van der Waals surface area contributed by atoms with Gasteiger partial charge in [0.15, 0.2) is 24.0 Å². The van der Waals surface area contributed by atoms with Crippen molar-refractivity contribution in [3.63, 3.8) is 0 Å². The monoisotopic (exact) mass is 440 g/mol. The fourth-order valence-corrected chi connectivity index (χ4v) is 3.42. The van der Waals surface area contributed by atoms with Crippen molar-refractivity contribution in [2.45, 2.75) is 0 Å². The molecule has 0 aliphatic carbocycles. The summed E-state index contributed by atoms with van der Waals surface area (Å²) < 4.78 is 37.0. The van der Waals surface area contributed by atoms with E-state index in [0.29, 0.717) is 26.2 Å². The van der Waals surface area contributed by atoms with Gasteiger partial charge in [-0.1, -0.05) is 0 Å². The zero-order valence-corrected chi connectivity index (χ0v) is 17.5. The molecular formula is C23H22F2N4O3. The Bertz CT molecular complexity index is 1070. The van der Waals surface area contributed by atoms with Crippen molar-refractivity contribution in [2.75, 3.05) is 44.8 Å². The molecule has 2 aromatic carbocycles. The van der Waals surface area contributed by atoms with E-state index in [1.165, 1.54) is 6.07 Å². The Kier molecular flexibility index (Phi) is 6.44. The first-order valence-electron chi connectivity index (χ1n) is 10.1. The maximum atomic E-state index is 13.6. The lowest BCUT2D eigenvalue weighted by Gasteiger charge is -2.35. The van der Waals surface area contributed by atoms with Crippen molar-refractivity contribution in [1.29, 1.82) is 0 Å². The summed E-state index contributed by atoms with van der Waals surface area (Å²) in [6, 6.07) is 14.4. The van der Waals surface area contributed by atoms with Crippen LogP contribution in [0.1, 0.15) is 0 Å². The van der Waals surface area contributed by atoms with Crippen LogP contribution in [0, 0.1) is 11.6 Å². The molecule has 2 heterocycles. The van der Waals surface area contributed by atoms with Gasteiger partial charge in [0.25, 0.3) is 5.91 Å². The number of hydrogen-bond donors (Lipinski definition) is 0. The van der Waals surface area contributed by atoms with Crippen LogP contribution in [0.4, 0.5) is 14.6 Å². The summed E-state index contributed by atoms with van der Waals surface area (Å²) in [5, 5.41) is 8.64. The largest absolute Gasteiger partial charge is 0.497 e. The van der Waals surface area contributed by atoms with E-state index in [-0.39, 0.29) is 18.3 Å². The van der Waals surface area contributed by atoms with Crippen LogP contribution in [0.3, 0.4) is 0 Å². The number of benzene rings is 2. The number of halogens is 2. The minimum atomic E-state index is -0.834. The molecule has 0 radical (unpaired) electrons. The number of piperazine rings is 1. The molecule has 0 N–H and O–H groups in total. The van der Waals surface area contributed by atoms with Crippen LogP contribution in [0.5, 0.6) is 11.5 Å². The number of carbonyl (C=O) groups is 1. The Balaban J connectivity index is 1.29. The highest BCUT2D eigenvalue weighted by atomic mass is 19.1. The number of aromatic nitrogens is 2. The Morgan fingerprint density at radius 2 is 1.72 bits per heavy atom. The third-order valence-electron chi connectivity index (χ3n) is 5.24. The summed E-state index contributed by atoms with van der Waals surface area (Å²) in [7, 11) is 1.62. The second kappa shape index (κ2) is 9.59. The van der Waals surface area contributed by atoms with E-state index >= 15 is 0 Å². The minimum Gasteiger partial charge on any atom is -0.497 e. The lowest BCUT2D eigenvalue weighted by atomic mass is 10.1. The van der Waals surface area contributed by atoms with Gasteiger partial charge in [-0.2, -0.15) is 0 Å². The van der Waals surface area contributed by atoms with E-state index in [2.05, 4.69) is 15.1 Å². The molecule has 0 saturated carbocycles. The number of carbonyl (C=O) groups excluding carboxylic acids is 1. The first-order valence-corrected chi connectivity index (χ1v) is 10.1. The zero-order valence-electron chi connectivity index (χ0n) is 17.5. The quantitative estimate of drug-likeness (QED) is 0.587. The molecule has 3 aromatic rings. The fraction of sp³-hybridized carbons (Fsp3) is 0.261. The van der Waals surface area contributed by atoms with Crippen LogP contribution in [-0.4, -0.2) is 60.9 Å². The standard InChI is InChI=1S/C23H22F2N4O3/c1-31-18-5-2-16(3-6-18)20-7-9-22(27-26-20)28-10-12-29(13-11-28)23(30)15-32-21-8-4-17(24)14-19(21)25/h2-9,14H,10-13,15H2,1H3. The minimum absolute atomic E-state index is 0.148. The summed E-state index contributed by atoms with van der Waals surface area (Å²) >= 11 is 0. The van der Waals surface area contributed by atoms with Crippen LogP contribution in [0.25, 0.3) is 11.3 Å². The molecule has 32 heavy (non-hydrogen) atoms. The number of rotatable bonds is 6. The predicted octanol–water partition coefficient (Wildman–Crippen LogP) is 3.16. The molecule has 1 amide bonds. The maximum absolute atomic E-state index is 13.6. The van der Waals surface area contributed by atoms with E-state index < -0.39 is 11.6 Å². The average Bonchev–Trinajstić information content (AvgIpc) is 2.83. The third-order valence-corrected chi connectivity index (χ3v) is 5.24. The van der Waals surface area contributed by atoms with E-state index in [1.807, 2.05) is 36.4 Å². The summed E-state index contributed by atoms with van der Waals surface area (Å²) in [6.45, 7) is 1.84. The van der Waals surface area contributed by atoms with Crippen molar-refractivity contribution in [1.82, 2.24) is 15.1 Å². The van der Waals surface area contributed by atoms with Gasteiger partial charge in [0, 0.05) is 37.8 Å². The second-order valence-electron chi connectivity index (χ2n) is 7.24. The molecule has 1 aliphatic rings. The van der Waals surface area contributed by atoms with Gasteiger partial charge in [-0.3, -0.25) is 4.79 Å². The highest BCUT2D eigenvalue weighted by Gasteiger charge is 2.23. The maximum Gasteiger partial charge on any atom is 0.260 e. The summed E-state index contributed by atoms with van der Waals surface area (Å²) in [5.41, 5.74) is 1.70. The third kappa shape index (κ3) is 4.93. The van der Waals surface area contributed by atoms with Crippen LogP contribution < -0.4 is 14.4 Å². The van der Waals surface area contributed by atoms with Crippen molar-refractivity contribution >= 4 is 11.7 Å². The number of ether oxygens (including phenoxy) is 2. The van der Waals surface area contributed by atoms with Gasteiger partial charge in [-0.15, -0.1) is 10.2 Å². The van der Waals surface area contributed by atoms with Crippen molar-refractivity contribution in [3.8, 4) is 22.8 Å². The summed E-state index contributed by atoms with van der Waals surface area (Å²) in [4.78, 5) is 16.1. The van der Waals surface area contributed by atoms with Crippen molar-refractivity contribution in [3.05, 3.63) is 66.2 Å². The average molecular weight is 440 g/mol. The predicted molar refractivity (Wildman–Crippen MR) is 115 cm³/mol. The molecule has 0 atom stereocenters. The summed E-state index contributed by atoms with van der Waals surface area (Å²) in [6.07, 6.45) is 0. The Hall–Kier alpha value is -3.75. The molecule has 9 heteroatoms. The van der Waals surface area contributed by atoms with E-state index in [9.17, 15) is 13.6 Å². The zero-order chi connectivity index (χ0) is 22.5. The number of amides is 1. The number of methoxy groups -OCH3 is 1. The molecule has 1 aliphatic heterocycles. The first-order chi connectivity index (χ1) is 15.5. The van der Waals surface area contributed by atoms with Crippen LogP contribution in [0.2, 0.25) is 0 Å². The Morgan fingerprint density at radius 1 is 0.969 bits per heavy atom. The highest BCUT2D eigenvalue weighted by molar-refractivity contribution is 5.78. The van der Waals surface area contributed by atoms with Crippen LogP contribution in [0.15, 0.2) is 54.6 Å². The molecule has 1 fully saturated rings. The molecule has 166 valence electrons. The lowest BCUT2D eigenvalue weighted by molar-refractivity contribution is -0.133. The van der Waals surface area contributed by atoms with Gasteiger partial charge < -0.3 is 19.3 Å². The van der Waals surface area contributed by atoms with Gasteiger partial charge in [0.05, 0.1) is 12.8 Å². The normalized spacial score (nSPS) is 13.7. The lowest BCUT2D eigenvalue weighted by Crippen LogP contribution is -2.50. The molecule has 4 rings (SSSR count). The fourth-order valence-electron chi connectivity index (χ4n) is 3.42. The molecular weight excluding hydrogens is 418 g/mol. The molecule has 0 bridgehead atoms. The number of nitrogens with zero attached hydrogens (tertiary/aromatic N) is 4. The van der Waals surface area contributed by atoms with Gasteiger partial charge in [-0.05, 0) is 48.5 Å². The van der Waals surface area contributed by atoms with Crippen molar-refractivity contribution in [2.24, 2.45) is 0 Å². The highest BCUT2D eigenvalue weighted by Crippen LogP contribution is 2.22. The van der Waals surface area contributed by atoms with Gasteiger partial charge in [-0.25, -0.2) is 8.78 Å². The van der Waals surface area contributed by atoms with Gasteiger partial charge >= 0.3 is 0 Å². The molecule has 0 unspecified atom stereocenters. The van der Waals surface area contributed by atoms with Crippen LogP contribution >= 0.6 is 0 Å². The topological polar surface area (TPSA) is 67.8 Å². The van der Waals surface area contributed by atoms with Crippen LogP contribution in [-0.2, 0) is 4.79 Å². The first kappa shape index (κ1) is 21.5. The van der Waals surface area contributed by atoms with E-state index in [4.69, 9.17) is 9.47 Å². The number of hydrogen-bond acceptors (Lipinski definition) is 6. The number of anilines is 1. The Labute approximate surface area is 184 Å². The molecule has 1 aromatic heterocycles. The summed E-state index contributed by atoms with van der Waals surface area (Å²) in [5.74, 6) is -0.422. The molecule has 1 saturated heterocycles. The SMILES string of the molecule is COc1ccc(-c2ccc(N3CCN(C(=O)COc4ccc(F)cc4F)CC3)nn2)cc1. The Morgan fingerprint density at radius 3 is 2.34 bits per heavy atom. The van der Waals surface area contributed by atoms with E-state index in [0.717, 1.165) is 35.0 Å².